The number of nitrogens with one attached hydrogen (secondary N) is 1. The van der Waals surface area contributed by atoms with E-state index in [4.69, 9.17) is 27.9 Å². The molecule has 0 saturated carbocycles. The van der Waals surface area contributed by atoms with Crippen molar-refractivity contribution in [2.45, 2.75) is 6.42 Å². The van der Waals surface area contributed by atoms with Crippen LogP contribution in [-0.4, -0.2) is 34.2 Å². The van der Waals surface area contributed by atoms with Gasteiger partial charge in [-0.3, -0.25) is 9.36 Å². The van der Waals surface area contributed by atoms with E-state index in [1.165, 1.54) is 0 Å². The summed E-state index contributed by atoms with van der Waals surface area (Å²) in [5.41, 5.74) is 4.00. The monoisotopic (exact) mass is 451 g/mol. The van der Waals surface area contributed by atoms with E-state index in [1.54, 1.807) is 42.7 Å². The number of pyridine rings is 1. The predicted octanol–water partition coefficient (Wildman–Crippen LogP) is 3.84. The molecular weight excluding hydrogens is 436 g/mol. The molecule has 0 unspecified atom stereocenters. The number of aromatic nitrogens is 2. The predicted molar refractivity (Wildman–Crippen MR) is 123 cm³/mol. The van der Waals surface area contributed by atoms with Gasteiger partial charge in [0.25, 0.3) is 5.91 Å². The summed E-state index contributed by atoms with van der Waals surface area (Å²) in [6.45, 7) is 0.471. The zero-order valence-electron chi connectivity index (χ0n) is 16.2. The number of halogens is 2. The number of fused-ring (bicyclic) bond motifs is 2. The lowest BCUT2D eigenvalue weighted by Crippen LogP contribution is -2.41. The number of amides is 1. The van der Waals surface area contributed by atoms with Crippen LogP contribution in [0.2, 0.25) is 10.0 Å². The second kappa shape index (κ2) is 8.02. The van der Waals surface area contributed by atoms with Crippen LogP contribution < -0.4 is 10.8 Å². The van der Waals surface area contributed by atoms with Gasteiger partial charge in [0.05, 0.1) is 15.6 Å². The zero-order chi connectivity index (χ0) is 21.5. The Bertz CT molecular complexity index is 1320. The number of carbonyl (C=O) groups is 1. The van der Waals surface area contributed by atoms with E-state index in [0.717, 1.165) is 23.1 Å². The van der Waals surface area contributed by atoms with Crippen LogP contribution in [0.15, 0.2) is 60.9 Å². The molecule has 5 rings (SSSR count). The van der Waals surface area contributed by atoms with Crippen molar-refractivity contribution in [3.63, 3.8) is 0 Å². The van der Waals surface area contributed by atoms with E-state index < -0.39 is 7.12 Å². The summed E-state index contributed by atoms with van der Waals surface area (Å²) >= 11 is 12.8. The zero-order valence-corrected chi connectivity index (χ0v) is 17.7. The molecule has 0 radical (unpaired) electrons. The summed E-state index contributed by atoms with van der Waals surface area (Å²) in [5.74, 6) is -0.351. The molecule has 2 N–H and O–H groups in total. The van der Waals surface area contributed by atoms with Crippen molar-refractivity contribution in [1.29, 1.82) is 0 Å². The first-order valence-electron chi connectivity index (χ1n) is 9.66. The van der Waals surface area contributed by atoms with Gasteiger partial charge in [-0.2, -0.15) is 0 Å². The molecule has 6 nitrogen and oxygen atoms in total. The van der Waals surface area contributed by atoms with E-state index in [0.29, 0.717) is 39.0 Å². The average Bonchev–Trinajstić information content (AvgIpc) is 3.11. The molecule has 0 aliphatic carbocycles. The average molecular weight is 452 g/mol. The molecule has 1 aliphatic heterocycles. The highest BCUT2D eigenvalue weighted by atomic mass is 35.5. The molecule has 0 bridgehead atoms. The molecule has 1 amide bonds. The molecule has 2 aromatic heterocycles. The molecule has 31 heavy (non-hydrogen) atoms. The minimum Gasteiger partial charge on any atom is -0.423 e. The molecule has 0 spiro atoms. The number of benzene rings is 2. The Hall–Kier alpha value is -2.84. The number of carbonyl (C=O) groups excluding carboxylic acids is 1. The lowest BCUT2D eigenvalue weighted by Gasteiger charge is -2.20. The Morgan fingerprint density at radius 1 is 1.16 bits per heavy atom. The number of hydrogen-bond acceptors (Lipinski definition) is 4. The Kier molecular flexibility index (Phi) is 5.19. The van der Waals surface area contributed by atoms with Crippen molar-refractivity contribution < 1.29 is 14.5 Å². The van der Waals surface area contributed by atoms with Crippen molar-refractivity contribution in [2.24, 2.45) is 0 Å². The van der Waals surface area contributed by atoms with Crippen LogP contribution in [0.5, 0.6) is 0 Å². The highest BCUT2D eigenvalue weighted by Crippen LogP contribution is 2.29. The van der Waals surface area contributed by atoms with Gasteiger partial charge in [-0.1, -0.05) is 29.3 Å². The maximum Gasteiger partial charge on any atom is 0.491 e. The van der Waals surface area contributed by atoms with E-state index >= 15 is 0 Å². The fourth-order valence-electron chi connectivity index (χ4n) is 3.75. The number of hydrogen-bond donors (Lipinski definition) is 2. The molecule has 4 aromatic rings. The first kappa shape index (κ1) is 20.1. The standard InChI is InChI=1S/C22H16BCl2N3O3/c24-19-11-15(28-12-20(25)16-2-1-8-26-21(16)28)5-6-17(19)22(29)27-14-4-3-13-7-9-31-23(30)18(13)10-14/h1-6,8,10-12,30H,7,9H2,(H,27,29). The minimum atomic E-state index is -0.986. The van der Waals surface area contributed by atoms with Crippen molar-refractivity contribution in [1.82, 2.24) is 9.55 Å². The van der Waals surface area contributed by atoms with E-state index in [1.807, 2.05) is 22.8 Å². The van der Waals surface area contributed by atoms with E-state index in [9.17, 15) is 9.82 Å². The summed E-state index contributed by atoms with van der Waals surface area (Å²) < 4.78 is 7.09. The fourth-order valence-corrected chi connectivity index (χ4v) is 4.26. The maximum atomic E-state index is 12.8. The lowest BCUT2D eigenvalue weighted by molar-refractivity contribution is 0.102. The van der Waals surface area contributed by atoms with Gasteiger partial charge in [0.1, 0.15) is 5.65 Å². The molecule has 0 atom stereocenters. The Morgan fingerprint density at radius 3 is 2.87 bits per heavy atom. The lowest BCUT2D eigenvalue weighted by atomic mass is 9.73. The van der Waals surface area contributed by atoms with Crippen molar-refractivity contribution in [3.8, 4) is 5.69 Å². The molecule has 3 heterocycles. The quantitative estimate of drug-likeness (QED) is 0.464. The second-order valence-electron chi connectivity index (χ2n) is 7.23. The van der Waals surface area contributed by atoms with Gasteiger partial charge >= 0.3 is 7.12 Å². The van der Waals surface area contributed by atoms with Gasteiger partial charge in [0.2, 0.25) is 0 Å². The third-order valence-corrected chi connectivity index (χ3v) is 5.92. The fraction of sp³-hybridized carbons (Fsp3) is 0.0909. The molecule has 2 aromatic carbocycles. The van der Waals surface area contributed by atoms with Gasteiger partial charge < -0.3 is 15.0 Å². The van der Waals surface area contributed by atoms with Crippen molar-refractivity contribution >= 4 is 58.4 Å². The van der Waals surface area contributed by atoms with Gasteiger partial charge in [0.15, 0.2) is 0 Å². The van der Waals surface area contributed by atoms with Gasteiger partial charge in [0, 0.05) is 35.8 Å². The summed E-state index contributed by atoms with van der Waals surface area (Å²) in [6.07, 6.45) is 4.19. The minimum absolute atomic E-state index is 0.297. The highest BCUT2D eigenvalue weighted by molar-refractivity contribution is 6.61. The molecule has 1 aliphatic rings. The summed E-state index contributed by atoms with van der Waals surface area (Å²) in [5, 5.41) is 14.6. The van der Waals surface area contributed by atoms with Gasteiger partial charge in [-0.05, 0) is 59.9 Å². The topological polar surface area (TPSA) is 76.4 Å². The van der Waals surface area contributed by atoms with E-state index in [2.05, 4.69) is 10.3 Å². The first-order valence-corrected chi connectivity index (χ1v) is 10.4. The van der Waals surface area contributed by atoms with E-state index in [-0.39, 0.29) is 5.91 Å². The van der Waals surface area contributed by atoms with Crippen LogP contribution in [-0.2, 0) is 11.1 Å². The van der Waals surface area contributed by atoms with Gasteiger partial charge in [-0.15, -0.1) is 0 Å². The van der Waals surface area contributed by atoms with Crippen LogP contribution in [0, 0.1) is 0 Å². The normalized spacial score (nSPS) is 13.3. The molecular formula is C22H16BCl2N3O3. The van der Waals surface area contributed by atoms with Crippen molar-refractivity contribution in [3.05, 3.63) is 82.1 Å². The van der Waals surface area contributed by atoms with Crippen LogP contribution >= 0.6 is 23.2 Å². The number of anilines is 1. The molecule has 0 saturated heterocycles. The molecule has 0 fully saturated rings. The number of rotatable bonds is 3. The Balaban J connectivity index is 1.42. The maximum absolute atomic E-state index is 12.8. The molecule has 154 valence electrons. The molecule has 9 heteroatoms. The van der Waals surface area contributed by atoms with Crippen LogP contribution in [0.3, 0.4) is 0 Å². The Morgan fingerprint density at radius 2 is 2.03 bits per heavy atom. The summed E-state index contributed by atoms with van der Waals surface area (Å²) in [4.78, 5) is 17.2. The third-order valence-electron chi connectivity index (χ3n) is 5.31. The highest BCUT2D eigenvalue weighted by Gasteiger charge is 2.25. The van der Waals surface area contributed by atoms with Crippen LogP contribution in [0.1, 0.15) is 15.9 Å². The smallest absolute Gasteiger partial charge is 0.423 e. The van der Waals surface area contributed by atoms with Crippen LogP contribution in [0.4, 0.5) is 5.69 Å². The Labute approximate surface area is 188 Å². The second-order valence-corrected chi connectivity index (χ2v) is 8.04. The number of nitrogens with zero attached hydrogens (tertiary/aromatic N) is 2. The third kappa shape index (κ3) is 3.70. The summed E-state index contributed by atoms with van der Waals surface area (Å²) in [6, 6.07) is 14.3. The van der Waals surface area contributed by atoms with Crippen molar-refractivity contribution in [2.75, 3.05) is 11.9 Å². The van der Waals surface area contributed by atoms with Crippen LogP contribution in [0.25, 0.3) is 16.7 Å². The SMILES string of the molecule is O=C(Nc1ccc2c(c1)B(O)OCC2)c1ccc(-n2cc(Cl)c3cccnc32)cc1Cl. The first-order chi connectivity index (χ1) is 15.0. The van der Waals surface area contributed by atoms with Gasteiger partial charge in [-0.25, -0.2) is 4.98 Å². The summed E-state index contributed by atoms with van der Waals surface area (Å²) in [7, 11) is -0.986. The largest absolute Gasteiger partial charge is 0.491 e.